The molecule has 3 N–H and O–H groups in total. The van der Waals surface area contributed by atoms with Crippen LogP contribution in [0.15, 0.2) is 22.8 Å². The number of hydrogen-bond donors (Lipinski definition) is 2. The third-order valence-corrected chi connectivity index (χ3v) is 2.49. The smallest absolute Gasteiger partial charge is 0.272 e. The first-order valence-corrected chi connectivity index (χ1v) is 5.19. The predicted octanol–water partition coefficient (Wildman–Crippen LogP) is 0.834. The molecule has 2 aromatic rings. The first kappa shape index (κ1) is 11.3. The molecule has 0 aliphatic carbocycles. The van der Waals surface area contributed by atoms with Crippen LogP contribution >= 0.6 is 0 Å². The van der Waals surface area contributed by atoms with Crippen LogP contribution in [0.4, 0.5) is 5.69 Å². The molecule has 2 rings (SSSR count). The molecule has 0 saturated carbocycles. The van der Waals surface area contributed by atoms with Crippen LogP contribution in [0, 0.1) is 6.92 Å². The highest BCUT2D eigenvalue weighted by molar-refractivity contribution is 5.97. The number of rotatable bonds is 3. The summed E-state index contributed by atoms with van der Waals surface area (Å²) >= 11 is 0. The Labute approximate surface area is 98.4 Å². The monoisotopic (exact) mass is 234 g/mol. The molecule has 0 aliphatic rings. The minimum atomic E-state index is -0.262. The van der Waals surface area contributed by atoms with Gasteiger partial charge < -0.3 is 15.5 Å². The fourth-order valence-electron chi connectivity index (χ4n) is 1.61. The summed E-state index contributed by atoms with van der Waals surface area (Å²) in [5, 5.41) is 6.81. The lowest BCUT2D eigenvalue weighted by Crippen LogP contribution is -2.25. The zero-order valence-electron chi connectivity index (χ0n) is 9.73. The number of nitrogens with one attached hydrogen (secondary N) is 1. The van der Waals surface area contributed by atoms with Gasteiger partial charge in [0.25, 0.3) is 5.91 Å². The third-order valence-electron chi connectivity index (χ3n) is 2.49. The Kier molecular flexibility index (Phi) is 2.86. The first-order chi connectivity index (χ1) is 8.09. The lowest BCUT2D eigenvalue weighted by Gasteiger charge is -2.04. The van der Waals surface area contributed by atoms with Crippen LogP contribution in [0.3, 0.4) is 0 Å². The first-order valence-electron chi connectivity index (χ1n) is 5.19. The second-order valence-electron chi connectivity index (χ2n) is 3.73. The largest absolute Gasteiger partial charge is 0.467 e. The summed E-state index contributed by atoms with van der Waals surface area (Å²) in [7, 11) is 1.69. The molecule has 0 spiro atoms. The van der Waals surface area contributed by atoms with Crippen molar-refractivity contribution in [2.75, 3.05) is 5.73 Å². The normalized spacial score (nSPS) is 10.5. The van der Waals surface area contributed by atoms with E-state index in [2.05, 4.69) is 10.4 Å². The van der Waals surface area contributed by atoms with Gasteiger partial charge in [-0.3, -0.25) is 9.48 Å². The van der Waals surface area contributed by atoms with Crippen molar-refractivity contribution in [2.24, 2.45) is 7.05 Å². The van der Waals surface area contributed by atoms with E-state index in [4.69, 9.17) is 10.2 Å². The number of anilines is 1. The maximum atomic E-state index is 11.9. The van der Waals surface area contributed by atoms with Gasteiger partial charge in [-0.15, -0.1) is 0 Å². The topological polar surface area (TPSA) is 86.1 Å². The Morgan fingerprint density at radius 2 is 2.41 bits per heavy atom. The van der Waals surface area contributed by atoms with Crippen molar-refractivity contribution in [3.63, 3.8) is 0 Å². The van der Waals surface area contributed by atoms with Gasteiger partial charge in [-0.2, -0.15) is 5.10 Å². The molecular formula is C11H14N4O2. The molecule has 0 saturated heterocycles. The van der Waals surface area contributed by atoms with E-state index >= 15 is 0 Å². The molecule has 17 heavy (non-hydrogen) atoms. The minimum Gasteiger partial charge on any atom is -0.467 e. The van der Waals surface area contributed by atoms with E-state index < -0.39 is 0 Å². The van der Waals surface area contributed by atoms with Crippen molar-refractivity contribution in [2.45, 2.75) is 13.5 Å². The van der Waals surface area contributed by atoms with Gasteiger partial charge in [0.1, 0.15) is 11.5 Å². The Morgan fingerprint density at radius 1 is 1.65 bits per heavy atom. The molecule has 0 unspecified atom stereocenters. The van der Waals surface area contributed by atoms with Crippen LogP contribution in [0.25, 0.3) is 0 Å². The molecule has 1 amide bonds. The summed E-state index contributed by atoms with van der Waals surface area (Å²) < 4.78 is 6.59. The molecule has 0 fully saturated rings. The average molecular weight is 234 g/mol. The van der Waals surface area contributed by atoms with E-state index in [0.29, 0.717) is 29.4 Å². The number of nitrogen functional groups attached to an aromatic ring is 1. The zero-order valence-corrected chi connectivity index (χ0v) is 9.73. The molecule has 2 heterocycles. The molecular weight excluding hydrogens is 220 g/mol. The fourth-order valence-corrected chi connectivity index (χ4v) is 1.61. The number of furan rings is 1. The Balaban J connectivity index is 2.10. The number of nitrogens with two attached hydrogens (primary N) is 1. The van der Waals surface area contributed by atoms with Gasteiger partial charge in [-0.1, -0.05) is 0 Å². The van der Waals surface area contributed by atoms with Gasteiger partial charge in [0.2, 0.25) is 0 Å². The Hall–Kier alpha value is -2.24. The van der Waals surface area contributed by atoms with Gasteiger partial charge in [0, 0.05) is 7.05 Å². The molecule has 0 bridgehead atoms. The molecule has 6 nitrogen and oxygen atoms in total. The van der Waals surface area contributed by atoms with Crippen molar-refractivity contribution >= 4 is 11.6 Å². The van der Waals surface area contributed by atoms with Crippen LogP contribution in [-0.2, 0) is 13.6 Å². The zero-order chi connectivity index (χ0) is 12.4. The van der Waals surface area contributed by atoms with Crippen molar-refractivity contribution in [3.8, 4) is 0 Å². The van der Waals surface area contributed by atoms with E-state index in [0.717, 1.165) is 0 Å². The molecule has 0 radical (unpaired) electrons. The van der Waals surface area contributed by atoms with Gasteiger partial charge in [0.05, 0.1) is 24.2 Å². The van der Waals surface area contributed by atoms with Crippen LogP contribution in [-0.4, -0.2) is 15.7 Å². The van der Waals surface area contributed by atoms with Crippen molar-refractivity contribution in [3.05, 3.63) is 35.5 Å². The minimum absolute atomic E-state index is 0.262. The van der Waals surface area contributed by atoms with E-state index in [-0.39, 0.29) is 5.91 Å². The standard InChI is InChI=1S/C11H14N4O2/c1-7-9(12)10(15(2)14-7)11(16)13-6-8-4-3-5-17-8/h3-5H,6,12H2,1-2H3,(H,13,16). The maximum absolute atomic E-state index is 11.9. The fraction of sp³-hybridized carbons (Fsp3) is 0.273. The quantitative estimate of drug-likeness (QED) is 0.823. The molecule has 6 heteroatoms. The number of amides is 1. The number of carbonyl (C=O) groups is 1. The summed E-state index contributed by atoms with van der Waals surface area (Å²) in [6, 6.07) is 3.56. The summed E-state index contributed by atoms with van der Waals surface area (Å²) in [4.78, 5) is 11.9. The highest BCUT2D eigenvalue weighted by atomic mass is 16.3. The molecule has 2 aromatic heterocycles. The highest BCUT2D eigenvalue weighted by Crippen LogP contribution is 2.15. The van der Waals surface area contributed by atoms with E-state index in [1.807, 2.05) is 0 Å². The molecule has 0 aromatic carbocycles. The van der Waals surface area contributed by atoms with Crippen LogP contribution in [0.1, 0.15) is 21.9 Å². The summed E-state index contributed by atoms with van der Waals surface area (Å²) in [5.74, 6) is 0.429. The predicted molar refractivity (Wildman–Crippen MR) is 62.2 cm³/mol. The number of nitrogens with zero attached hydrogens (tertiary/aromatic N) is 2. The van der Waals surface area contributed by atoms with Crippen molar-refractivity contribution in [1.82, 2.24) is 15.1 Å². The van der Waals surface area contributed by atoms with Gasteiger partial charge in [-0.05, 0) is 19.1 Å². The average Bonchev–Trinajstić information content (AvgIpc) is 2.86. The summed E-state index contributed by atoms with van der Waals surface area (Å²) in [6.45, 7) is 2.09. The van der Waals surface area contributed by atoms with E-state index in [1.165, 1.54) is 4.68 Å². The number of aryl methyl sites for hydroxylation is 2. The van der Waals surface area contributed by atoms with Crippen molar-refractivity contribution < 1.29 is 9.21 Å². The molecule has 90 valence electrons. The van der Waals surface area contributed by atoms with Gasteiger partial charge in [-0.25, -0.2) is 0 Å². The molecule has 0 atom stereocenters. The van der Waals surface area contributed by atoms with Crippen molar-refractivity contribution in [1.29, 1.82) is 0 Å². The van der Waals surface area contributed by atoms with Crippen LogP contribution in [0.5, 0.6) is 0 Å². The number of aromatic nitrogens is 2. The number of carbonyl (C=O) groups excluding carboxylic acids is 1. The second-order valence-corrected chi connectivity index (χ2v) is 3.73. The van der Waals surface area contributed by atoms with Gasteiger partial charge in [0.15, 0.2) is 0 Å². The lowest BCUT2D eigenvalue weighted by molar-refractivity contribution is 0.0939. The summed E-state index contributed by atoms with van der Waals surface area (Å²) in [6.07, 6.45) is 1.56. The highest BCUT2D eigenvalue weighted by Gasteiger charge is 2.17. The Bertz CT molecular complexity index is 528. The van der Waals surface area contributed by atoms with Crippen LogP contribution in [0.2, 0.25) is 0 Å². The summed E-state index contributed by atoms with van der Waals surface area (Å²) in [5.41, 5.74) is 7.21. The Morgan fingerprint density at radius 3 is 2.94 bits per heavy atom. The number of hydrogen-bond acceptors (Lipinski definition) is 4. The molecule has 0 aliphatic heterocycles. The SMILES string of the molecule is Cc1nn(C)c(C(=O)NCc2ccco2)c1N. The van der Waals surface area contributed by atoms with E-state index in [9.17, 15) is 4.79 Å². The van der Waals surface area contributed by atoms with Crippen LogP contribution < -0.4 is 11.1 Å². The van der Waals surface area contributed by atoms with Gasteiger partial charge >= 0.3 is 0 Å². The van der Waals surface area contributed by atoms with E-state index in [1.54, 1.807) is 32.4 Å². The third kappa shape index (κ3) is 2.15. The second kappa shape index (κ2) is 4.32. The maximum Gasteiger partial charge on any atom is 0.272 e. The lowest BCUT2D eigenvalue weighted by atomic mass is 10.3.